The Hall–Kier alpha value is -1.16. The average molecular weight is 215 g/mol. The molecule has 15 heavy (non-hydrogen) atoms. The minimum Gasteiger partial charge on any atom is -0.399 e. The Labute approximate surface area is 88.0 Å². The van der Waals surface area contributed by atoms with Gasteiger partial charge in [-0.3, -0.25) is 0 Å². The summed E-state index contributed by atoms with van der Waals surface area (Å²) in [6.07, 6.45) is 0. The van der Waals surface area contributed by atoms with Crippen LogP contribution in [0.15, 0.2) is 12.1 Å². The standard InChI is InChI=1S/C11H15F2NO/c1-11(2,6-15-3)10-8(12)4-7(14)5-9(10)13/h4-5H,6,14H2,1-3H3. The number of halogens is 2. The molecule has 0 amide bonds. The summed E-state index contributed by atoms with van der Waals surface area (Å²) in [6.45, 7) is 3.67. The molecule has 0 saturated carbocycles. The van der Waals surface area contributed by atoms with Gasteiger partial charge in [-0.15, -0.1) is 0 Å². The third-order valence-electron chi connectivity index (χ3n) is 2.25. The lowest BCUT2D eigenvalue weighted by atomic mass is 9.84. The van der Waals surface area contributed by atoms with E-state index in [1.54, 1.807) is 13.8 Å². The van der Waals surface area contributed by atoms with Crippen molar-refractivity contribution in [2.45, 2.75) is 19.3 Å². The Morgan fingerprint density at radius 1 is 1.27 bits per heavy atom. The van der Waals surface area contributed by atoms with Crippen LogP contribution in [-0.2, 0) is 10.2 Å². The highest BCUT2D eigenvalue weighted by atomic mass is 19.1. The molecule has 1 rings (SSSR count). The number of nitrogen functional groups attached to an aromatic ring is 1. The van der Waals surface area contributed by atoms with Crippen molar-refractivity contribution in [2.75, 3.05) is 19.5 Å². The molecule has 2 nitrogen and oxygen atoms in total. The molecule has 1 aromatic carbocycles. The molecule has 0 aliphatic rings. The van der Waals surface area contributed by atoms with Crippen LogP contribution in [0.4, 0.5) is 14.5 Å². The number of hydrogen-bond acceptors (Lipinski definition) is 2. The second kappa shape index (κ2) is 4.14. The first-order valence-corrected chi connectivity index (χ1v) is 4.62. The van der Waals surface area contributed by atoms with E-state index < -0.39 is 17.0 Å². The largest absolute Gasteiger partial charge is 0.399 e. The number of methoxy groups -OCH3 is 1. The smallest absolute Gasteiger partial charge is 0.132 e. The van der Waals surface area contributed by atoms with Crippen molar-refractivity contribution in [3.63, 3.8) is 0 Å². The third-order valence-corrected chi connectivity index (χ3v) is 2.25. The van der Waals surface area contributed by atoms with Crippen molar-refractivity contribution < 1.29 is 13.5 Å². The van der Waals surface area contributed by atoms with Gasteiger partial charge in [0.25, 0.3) is 0 Å². The summed E-state index contributed by atoms with van der Waals surface area (Å²) < 4.78 is 32.0. The number of anilines is 1. The van der Waals surface area contributed by atoms with Crippen molar-refractivity contribution in [1.29, 1.82) is 0 Å². The Morgan fingerprint density at radius 3 is 2.13 bits per heavy atom. The van der Waals surface area contributed by atoms with Crippen LogP contribution < -0.4 is 5.73 Å². The van der Waals surface area contributed by atoms with Crippen molar-refractivity contribution in [3.05, 3.63) is 29.3 Å². The monoisotopic (exact) mass is 215 g/mol. The summed E-state index contributed by atoms with van der Waals surface area (Å²) in [5.41, 5.74) is 4.72. The molecule has 1 aromatic rings. The predicted octanol–water partition coefficient (Wildman–Crippen LogP) is 2.47. The second-order valence-corrected chi connectivity index (χ2v) is 4.18. The van der Waals surface area contributed by atoms with Crippen LogP contribution in [0.2, 0.25) is 0 Å². The summed E-state index contributed by atoms with van der Waals surface area (Å²) in [7, 11) is 1.49. The molecule has 0 saturated heterocycles. The number of hydrogen-bond donors (Lipinski definition) is 1. The highest BCUT2D eigenvalue weighted by molar-refractivity contribution is 5.43. The topological polar surface area (TPSA) is 35.2 Å². The van der Waals surface area contributed by atoms with Crippen LogP contribution in [0.25, 0.3) is 0 Å². The van der Waals surface area contributed by atoms with Crippen molar-refractivity contribution >= 4 is 5.69 Å². The molecule has 2 N–H and O–H groups in total. The van der Waals surface area contributed by atoms with Gasteiger partial charge in [0.2, 0.25) is 0 Å². The van der Waals surface area contributed by atoms with E-state index in [0.717, 1.165) is 12.1 Å². The Kier molecular flexibility index (Phi) is 3.29. The normalized spacial score (nSPS) is 11.8. The van der Waals surface area contributed by atoms with Gasteiger partial charge in [0.15, 0.2) is 0 Å². The van der Waals surface area contributed by atoms with E-state index in [4.69, 9.17) is 10.5 Å². The van der Waals surface area contributed by atoms with Gasteiger partial charge in [-0.25, -0.2) is 8.78 Å². The summed E-state index contributed by atoms with van der Waals surface area (Å²) in [5.74, 6) is -1.26. The van der Waals surface area contributed by atoms with Gasteiger partial charge in [-0.05, 0) is 12.1 Å². The van der Waals surface area contributed by atoms with Gasteiger partial charge in [0.05, 0.1) is 6.61 Å². The van der Waals surface area contributed by atoms with Crippen LogP contribution in [0, 0.1) is 11.6 Å². The lowest BCUT2D eigenvalue weighted by molar-refractivity contribution is 0.142. The molecule has 84 valence electrons. The highest BCUT2D eigenvalue weighted by Crippen LogP contribution is 2.30. The molecule has 0 spiro atoms. The first-order chi connectivity index (χ1) is 6.88. The fourth-order valence-corrected chi connectivity index (χ4v) is 1.67. The number of ether oxygens (including phenoxy) is 1. The second-order valence-electron chi connectivity index (χ2n) is 4.18. The molecule has 0 heterocycles. The lowest BCUT2D eigenvalue weighted by Gasteiger charge is -2.25. The van der Waals surface area contributed by atoms with Crippen LogP contribution >= 0.6 is 0 Å². The maximum absolute atomic E-state index is 13.6. The number of benzene rings is 1. The zero-order chi connectivity index (χ0) is 11.6. The summed E-state index contributed by atoms with van der Waals surface area (Å²) in [6, 6.07) is 2.24. The molecule has 0 aromatic heterocycles. The van der Waals surface area contributed by atoms with Crippen LogP contribution in [0.3, 0.4) is 0 Å². The van der Waals surface area contributed by atoms with E-state index in [-0.39, 0.29) is 17.9 Å². The fourth-order valence-electron chi connectivity index (χ4n) is 1.67. The molecule has 0 atom stereocenters. The van der Waals surface area contributed by atoms with Gasteiger partial charge in [-0.1, -0.05) is 13.8 Å². The van der Waals surface area contributed by atoms with E-state index in [0.29, 0.717) is 0 Å². The van der Waals surface area contributed by atoms with Crippen molar-refractivity contribution in [3.8, 4) is 0 Å². The van der Waals surface area contributed by atoms with E-state index >= 15 is 0 Å². The maximum atomic E-state index is 13.6. The minimum absolute atomic E-state index is 0.0125. The van der Waals surface area contributed by atoms with E-state index in [1.165, 1.54) is 7.11 Å². The third kappa shape index (κ3) is 2.45. The fraction of sp³-hybridized carbons (Fsp3) is 0.455. The SMILES string of the molecule is COCC(C)(C)c1c(F)cc(N)cc1F. The first kappa shape index (κ1) is 11.9. The van der Waals surface area contributed by atoms with Gasteiger partial charge in [0.1, 0.15) is 11.6 Å². The van der Waals surface area contributed by atoms with Crippen LogP contribution in [0.5, 0.6) is 0 Å². The van der Waals surface area contributed by atoms with E-state index in [1.807, 2.05) is 0 Å². The minimum atomic E-state index is -0.712. The maximum Gasteiger partial charge on any atom is 0.132 e. The zero-order valence-corrected chi connectivity index (χ0v) is 9.10. The molecule has 0 bridgehead atoms. The average Bonchev–Trinajstić information content (AvgIpc) is 1.99. The van der Waals surface area contributed by atoms with E-state index in [2.05, 4.69) is 0 Å². The summed E-state index contributed by atoms with van der Waals surface area (Å²) in [5, 5.41) is 0. The summed E-state index contributed by atoms with van der Waals surface area (Å²) in [4.78, 5) is 0. The molecular formula is C11H15F2NO. The number of nitrogens with two attached hydrogens (primary N) is 1. The molecule has 0 unspecified atom stereocenters. The molecule has 0 aliphatic heterocycles. The van der Waals surface area contributed by atoms with Gasteiger partial charge >= 0.3 is 0 Å². The highest BCUT2D eigenvalue weighted by Gasteiger charge is 2.28. The van der Waals surface area contributed by atoms with Gasteiger partial charge in [0, 0.05) is 23.8 Å². The Balaban J connectivity index is 3.24. The van der Waals surface area contributed by atoms with Crippen molar-refractivity contribution in [2.24, 2.45) is 0 Å². The zero-order valence-electron chi connectivity index (χ0n) is 9.10. The Morgan fingerprint density at radius 2 is 1.73 bits per heavy atom. The summed E-state index contributed by atoms with van der Waals surface area (Å²) >= 11 is 0. The Bertz CT molecular complexity index is 341. The predicted molar refractivity (Wildman–Crippen MR) is 55.7 cm³/mol. The molecule has 4 heteroatoms. The van der Waals surface area contributed by atoms with Crippen LogP contribution in [0.1, 0.15) is 19.4 Å². The molecule has 0 radical (unpaired) electrons. The first-order valence-electron chi connectivity index (χ1n) is 4.62. The van der Waals surface area contributed by atoms with E-state index in [9.17, 15) is 8.78 Å². The van der Waals surface area contributed by atoms with Gasteiger partial charge < -0.3 is 10.5 Å². The molecule has 0 aliphatic carbocycles. The molecular weight excluding hydrogens is 200 g/mol. The van der Waals surface area contributed by atoms with Gasteiger partial charge in [-0.2, -0.15) is 0 Å². The lowest BCUT2D eigenvalue weighted by Crippen LogP contribution is -2.26. The van der Waals surface area contributed by atoms with Crippen LogP contribution in [-0.4, -0.2) is 13.7 Å². The quantitative estimate of drug-likeness (QED) is 0.786. The molecule has 0 fully saturated rings. The van der Waals surface area contributed by atoms with Crippen molar-refractivity contribution in [1.82, 2.24) is 0 Å². The number of rotatable bonds is 3.